The number of benzene rings is 1. The number of carbonyl (C=O) groups excluding carboxylic acids is 1. The van der Waals surface area contributed by atoms with Crippen molar-refractivity contribution >= 4 is 17.2 Å². The highest BCUT2D eigenvalue weighted by Gasteiger charge is 2.27. The number of aromatic nitrogens is 1. The van der Waals surface area contributed by atoms with E-state index in [1.165, 1.54) is 17.8 Å². The largest absolute Gasteiger partial charge is 0.493 e. The normalized spacial score (nSPS) is 17.0. The van der Waals surface area contributed by atoms with Crippen LogP contribution in [0, 0.1) is 12.8 Å². The number of rotatable bonds is 6. The van der Waals surface area contributed by atoms with Crippen molar-refractivity contribution in [2.24, 2.45) is 5.92 Å². The second-order valence-electron chi connectivity index (χ2n) is 6.82. The Kier molecular flexibility index (Phi) is 6.34. The van der Waals surface area contributed by atoms with Gasteiger partial charge in [0.25, 0.3) is 5.91 Å². The molecule has 1 aromatic carbocycles. The number of nitrogens with one attached hydrogen (secondary N) is 1. The molecule has 1 aliphatic rings. The Bertz CT molecular complexity index is 804. The first-order valence-corrected chi connectivity index (χ1v) is 10.0. The van der Waals surface area contributed by atoms with Crippen molar-refractivity contribution in [1.29, 1.82) is 0 Å². The van der Waals surface area contributed by atoms with Crippen LogP contribution in [-0.4, -0.2) is 56.7 Å². The molecule has 0 bridgehead atoms. The Morgan fingerprint density at radius 1 is 1.33 bits per heavy atom. The topological polar surface area (TPSA) is 63.7 Å². The fourth-order valence-corrected chi connectivity index (χ4v) is 4.57. The van der Waals surface area contributed by atoms with Crippen LogP contribution in [0.5, 0.6) is 11.5 Å². The van der Waals surface area contributed by atoms with E-state index < -0.39 is 0 Å². The molecule has 1 fully saturated rings. The Morgan fingerprint density at radius 3 is 2.81 bits per heavy atom. The lowest BCUT2D eigenvalue weighted by Gasteiger charge is -2.32. The van der Waals surface area contributed by atoms with Crippen molar-refractivity contribution < 1.29 is 14.3 Å². The van der Waals surface area contributed by atoms with Crippen molar-refractivity contribution in [3.8, 4) is 22.1 Å². The molecule has 6 nitrogen and oxygen atoms in total. The molecule has 2 heterocycles. The number of thiazole rings is 1. The number of amides is 1. The maximum Gasteiger partial charge on any atom is 0.265 e. The van der Waals surface area contributed by atoms with Gasteiger partial charge in [-0.05, 0) is 57.5 Å². The number of methoxy groups -OCH3 is 2. The summed E-state index contributed by atoms with van der Waals surface area (Å²) in [5.74, 6) is 1.94. The summed E-state index contributed by atoms with van der Waals surface area (Å²) >= 11 is 1.45. The molecular formula is C20H27N3O3S. The van der Waals surface area contributed by atoms with Crippen LogP contribution in [-0.2, 0) is 0 Å². The van der Waals surface area contributed by atoms with Gasteiger partial charge >= 0.3 is 0 Å². The molecule has 0 spiro atoms. The lowest BCUT2D eigenvalue weighted by Crippen LogP contribution is -2.42. The van der Waals surface area contributed by atoms with Gasteiger partial charge in [0.1, 0.15) is 9.88 Å². The van der Waals surface area contributed by atoms with Gasteiger partial charge in [-0.25, -0.2) is 4.98 Å². The Balaban J connectivity index is 1.83. The fraction of sp³-hybridized carbons (Fsp3) is 0.500. The van der Waals surface area contributed by atoms with Crippen LogP contribution in [0.3, 0.4) is 0 Å². The quantitative estimate of drug-likeness (QED) is 0.822. The smallest absolute Gasteiger partial charge is 0.265 e. The molecule has 1 atom stereocenters. The third-order valence-corrected chi connectivity index (χ3v) is 6.11. The Labute approximate surface area is 164 Å². The van der Waals surface area contributed by atoms with E-state index in [1.54, 1.807) is 14.2 Å². The van der Waals surface area contributed by atoms with E-state index in [2.05, 4.69) is 10.3 Å². The molecule has 2 aromatic rings. The molecule has 1 N–H and O–H groups in total. The van der Waals surface area contributed by atoms with Crippen molar-refractivity contribution in [2.45, 2.75) is 19.8 Å². The molecule has 146 valence electrons. The average molecular weight is 390 g/mol. The highest BCUT2D eigenvalue weighted by Crippen LogP contribution is 2.35. The number of ether oxygens (including phenoxy) is 2. The Morgan fingerprint density at radius 2 is 2.11 bits per heavy atom. The predicted molar refractivity (Wildman–Crippen MR) is 108 cm³/mol. The first-order chi connectivity index (χ1) is 13.1. The van der Waals surface area contributed by atoms with E-state index in [4.69, 9.17) is 9.47 Å². The molecule has 1 aliphatic heterocycles. The van der Waals surface area contributed by atoms with Gasteiger partial charge in [0, 0.05) is 18.7 Å². The fourth-order valence-electron chi connectivity index (χ4n) is 3.54. The van der Waals surface area contributed by atoms with Crippen LogP contribution in [0.15, 0.2) is 18.2 Å². The van der Waals surface area contributed by atoms with Gasteiger partial charge in [-0.2, -0.15) is 0 Å². The minimum atomic E-state index is 0.0949. The van der Waals surface area contributed by atoms with Crippen LogP contribution >= 0.6 is 11.3 Å². The molecule has 1 amide bonds. The molecule has 1 unspecified atom stereocenters. The second kappa shape index (κ2) is 8.71. The van der Waals surface area contributed by atoms with Gasteiger partial charge in [0.15, 0.2) is 11.5 Å². The number of hydrogen-bond donors (Lipinski definition) is 1. The zero-order valence-corrected chi connectivity index (χ0v) is 17.2. The van der Waals surface area contributed by atoms with E-state index in [9.17, 15) is 4.79 Å². The van der Waals surface area contributed by atoms with Gasteiger partial charge < -0.3 is 19.7 Å². The van der Waals surface area contributed by atoms with Gasteiger partial charge in [0.05, 0.1) is 19.9 Å². The molecule has 1 aromatic heterocycles. The van der Waals surface area contributed by atoms with Crippen molar-refractivity contribution in [1.82, 2.24) is 15.2 Å². The third kappa shape index (κ3) is 4.25. The summed E-state index contributed by atoms with van der Waals surface area (Å²) < 4.78 is 10.7. The van der Waals surface area contributed by atoms with Crippen LogP contribution in [0.2, 0.25) is 0 Å². The molecule has 0 radical (unpaired) electrons. The minimum Gasteiger partial charge on any atom is -0.493 e. The van der Waals surface area contributed by atoms with E-state index in [-0.39, 0.29) is 5.91 Å². The lowest BCUT2D eigenvalue weighted by atomic mass is 9.98. The van der Waals surface area contributed by atoms with Crippen LogP contribution < -0.4 is 14.8 Å². The van der Waals surface area contributed by atoms with E-state index >= 15 is 0 Å². The van der Waals surface area contributed by atoms with Crippen LogP contribution in [0.4, 0.5) is 0 Å². The zero-order valence-electron chi connectivity index (χ0n) is 16.4. The third-order valence-electron chi connectivity index (χ3n) is 4.92. The van der Waals surface area contributed by atoms with Crippen LogP contribution in [0.25, 0.3) is 10.6 Å². The summed E-state index contributed by atoms with van der Waals surface area (Å²) in [5.41, 5.74) is 1.71. The monoisotopic (exact) mass is 389 g/mol. The van der Waals surface area contributed by atoms with Crippen molar-refractivity contribution in [3.63, 3.8) is 0 Å². The molecule has 27 heavy (non-hydrogen) atoms. The first-order valence-electron chi connectivity index (χ1n) is 9.21. The Hall–Kier alpha value is -2.12. The summed E-state index contributed by atoms with van der Waals surface area (Å²) in [6.07, 6.45) is 2.22. The lowest BCUT2D eigenvalue weighted by molar-refractivity contribution is 0.0678. The molecule has 0 aliphatic carbocycles. The molecular weight excluding hydrogens is 362 g/mol. The van der Waals surface area contributed by atoms with Gasteiger partial charge in [0.2, 0.25) is 0 Å². The van der Waals surface area contributed by atoms with E-state index in [0.29, 0.717) is 17.4 Å². The maximum absolute atomic E-state index is 13.1. The molecule has 1 saturated heterocycles. The van der Waals surface area contributed by atoms with Gasteiger partial charge in [-0.15, -0.1) is 11.3 Å². The summed E-state index contributed by atoms with van der Waals surface area (Å²) in [7, 11) is 5.19. The SMILES string of the molecule is CNCC1CCCN(C(=O)c2sc(-c3ccc(OC)c(OC)c3)nc2C)C1. The molecule has 7 heteroatoms. The van der Waals surface area contributed by atoms with Gasteiger partial charge in [-0.3, -0.25) is 4.79 Å². The predicted octanol–water partition coefficient (Wildman–Crippen LogP) is 3.21. The number of nitrogens with zero attached hydrogens (tertiary/aromatic N) is 2. The highest BCUT2D eigenvalue weighted by molar-refractivity contribution is 7.17. The number of aryl methyl sites for hydroxylation is 1. The van der Waals surface area contributed by atoms with Crippen LogP contribution in [0.1, 0.15) is 28.2 Å². The van der Waals surface area contributed by atoms with E-state index in [1.807, 2.05) is 37.1 Å². The second-order valence-corrected chi connectivity index (χ2v) is 7.82. The zero-order chi connectivity index (χ0) is 19.4. The molecule has 0 saturated carbocycles. The number of likely N-dealkylation sites (tertiary alicyclic amines) is 1. The van der Waals surface area contributed by atoms with Crippen molar-refractivity contribution in [2.75, 3.05) is 40.9 Å². The standard InChI is InChI=1S/C20H27N3O3S/c1-13-18(20(24)23-9-5-6-14(12-23)11-21-2)27-19(22-13)15-7-8-16(25-3)17(10-15)26-4/h7-8,10,14,21H,5-6,9,11-12H2,1-4H3. The van der Waals surface area contributed by atoms with Crippen molar-refractivity contribution in [3.05, 3.63) is 28.8 Å². The summed E-state index contributed by atoms with van der Waals surface area (Å²) in [4.78, 5) is 20.4. The summed E-state index contributed by atoms with van der Waals surface area (Å²) in [6.45, 7) is 4.48. The summed E-state index contributed by atoms with van der Waals surface area (Å²) in [6, 6.07) is 5.70. The minimum absolute atomic E-state index is 0.0949. The summed E-state index contributed by atoms with van der Waals surface area (Å²) in [5, 5.41) is 4.04. The van der Waals surface area contributed by atoms with E-state index in [0.717, 1.165) is 47.2 Å². The molecule has 3 rings (SSSR count). The highest BCUT2D eigenvalue weighted by atomic mass is 32.1. The average Bonchev–Trinajstić information content (AvgIpc) is 3.09. The first kappa shape index (κ1) is 19.6. The number of carbonyl (C=O) groups is 1. The maximum atomic E-state index is 13.1. The van der Waals surface area contributed by atoms with Gasteiger partial charge in [-0.1, -0.05) is 0 Å². The number of piperidine rings is 1. The number of hydrogen-bond acceptors (Lipinski definition) is 6.